The zero-order chi connectivity index (χ0) is 13.9. The Bertz CT molecular complexity index is 504. The van der Waals surface area contributed by atoms with E-state index in [2.05, 4.69) is 16.3 Å². The molecule has 0 spiro atoms. The summed E-state index contributed by atoms with van der Waals surface area (Å²) in [6.45, 7) is 2.57. The minimum absolute atomic E-state index is 0.0545. The van der Waals surface area contributed by atoms with E-state index in [4.69, 9.17) is 9.47 Å². The Morgan fingerprint density at radius 1 is 1.40 bits per heavy atom. The van der Waals surface area contributed by atoms with Gasteiger partial charge in [0.25, 0.3) is 0 Å². The summed E-state index contributed by atoms with van der Waals surface area (Å²) in [7, 11) is 1.68. The molecule has 1 saturated heterocycles. The van der Waals surface area contributed by atoms with Gasteiger partial charge in [0, 0.05) is 18.7 Å². The molecule has 0 bridgehead atoms. The third-order valence-electron chi connectivity index (χ3n) is 3.94. The van der Waals surface area contributed by atoms with Crippen molar-refractivity contribution in [1.29, 1.82) is 0 Å². The molecule has 20 heavy (non-hydrogen) atoms. The summed E-state index contributed by atoms with van der Waals surface area (Å²) in [5, 5.41) is 2.69. The number of rotatable bonds is 3. The minimum Gasteiger partial charge on any atom is -0.486 e. The second-order valence-corrected chi connectivity index (χ2v) is 5.17. The lowest BCUT2D eigenvalue weighted by atomic mass is 10.0. The Hall–Kier alpha value is -1.75. The van der Waals surface area contributed by atoms with E-state index >= 15 is 0 Å². The van der Waals surface area contributed by atoms with Crippen molar-refractivity contribution in [2.45, 2.75) is 18.9 Å². The molecule has 1 atom stereocenters. The number of hydrogen-bond acceptors (Lipinski definition) is 4. The molecule has 0 aliphatic carbocycles. The van der Waals surface area contributed by atoms with Gasteiger partial charge in [0.05, 0.1) is 6.54 Å². The summed E-state index contributed by atoms with van der Waals surface area (Å²) in [5.74, 6) is 1.73. The van der Waals surface area contributed by atoms with Gasteiger partial charge >= 0.3 is 0 Å². The molecule has 0 aromatic heterocycles. The maximum atomic E-state index is 11.6. The molecule has 1 unspecified atom stereocenters. The highest BCUT2D eigenvalue weighted by Crippen LogP contribution is 2.42. The third-order valence-corrected chi connectivity index (χ3v) is 3.94. The molecule has 0 radical (unpaired) electrons. The van der Waals surface area contributed by atoms with Gasteiger partial charge in [-0.2, -0.15) is 0 Å². The van der Waals surface area contributed by atoms with Crippen LogP contribution in [0, 0.1) is 0 Å². The summed E-state index contributed by atoms with van der Waals surface area (Å²) in [4.78, 5) is 13.8. The van der Waals surface area contributed by atoms with E-state index < -0.39 is 0 Å². The molecule has 2 heterocycles. The molecule has 1 aromatic carbocycles. The fourth-order valence-corrected chi connectivity index (χ4v) is 2.99. The summed E-state index contributed by atoms with van der Waals surface area (Å²) >= 11 is 0. The van der Waals surface area contributed by atoms with E-state index in [1.807, 2.05) is 12.1 Å². The number of fused-ring (bicyclic) bond motifs is 1. The van der Waals surface area contributed by atoms with Gasteiger partial charge in [-0.05, 0) is 25.5 Å². The van der Waals surface area contributed by atoms with E-state index in [1.54, 1.807) is 7.05 Å². The van der Waals surface area contributed by atoms with Crippen LogP contribution in [0.15, 0.2) is 18.2 Å². The van der Waals surface area contributed by atoms with Gasteiger partial charge in [-0.3, -0.25) is 9.69 Å². The largest absolute Gasteiger partial charge is 0.486 e. The first-order chi connectivity index (χ1) is 9.79. The average molecular weight is 276 g/mol. The highest BCUT2D eigenvalue weighted by molar-refractivity contribution is 5.77. The molecule has 5 nitrogen and oxygen atoms in total. The summed E-state index contributed by atoms with van der Waals surface area (Å²) in [6.07, 6.45) is 2.16. The molecule has 5 heteroatoms. The predicted octanol–water partition coefficient (Wildman–Crippen LogP) is 1.34. The molecule has 2 aliphatic heterocycles. The first-order valence-electron chi connectivity index (χ1n) is 7.12. The smallest absolute Gasteiger partial charge is 0.233 e. The van der Waals surface area contributed by atoms with Crippen molar-refractivity contribution in [3.63, 3.8) is 0 Å². The van der Waals surface area contributed by atoms with Gasteiger partial charge in [0.1, 0.15) is 13.2 Å². The number of benzene rings is 1. The van der Waals surface area contributed by atoms with Crippen molar-refractivity contribution >= 4 is 5.91 Å². The number of hydrogen-bond donors (Lipinski definition) is 1. The normalized spacial score (nSPS) is 21.8. The zero-order valence-corrected chi connectivity index (χ0v) is 11.7. The van der Waals surface area contributed by atoms with Crippen LogP contribution in [-0.2, 0) is 4.79 Å². The second-order valence-electron chi connectivity index (χ2n) is 5.17. The molecule has 1 aromatic rings. The Kier molecular flexibility index (Phi) is 3.78. The molecule has 1 fully saturated rings. The van der Waals surface area contributed by atoms with Gasteiger partial charge in [-0.1, -0.05) is 12.1 Å². The predicted molar refractivity (Wildman–Crippen MR) is 75.0 cm³/mol. The monoisotopic (exact) mass is 276 g/mol. The number of nitrogens with one attached hydrogen (secondary N) is 1. The lowest BCUT2D eigenvalue weighted by Gasteiger charge is -2.28. The van der Waals surface area contributed by atoms with E-state index in [0.717, 1.165) is 36.4 Å². The number of likely N-dealkylation sites (tertiary alicyclic amines) is 1. The Morgan fingerprint density at radius 2 is 2.25 bits per heavy atom. The van der Waals surface area contributed by atoms with Crippen molar-refractivity contribution in [2.24, 2.45) is 0 Å². The number of carbonyl (C=O) groups excluding carboxylic acids is 1. The Morgan fingerprint density at radius 3 is 3.10 bits per heavy atom. The molecule has 1 N–H and O–H groups in total. The Labute approximate surface area is 118 Å². The Balaban J connectivity index is 1.86. The van der Waals surface area contributed by atoms with Crippen molar-refractivity contribution in [3.05, 3.63) is 23.8 Å². The van der Waals surface area contributed by atoms with Crippen LogP contribution in [-0.4, -0.2) is 44.2 Å². The standard InChI is InChI=1S/C15H20N2O3/c1-16-14(18)10-17-7-3-5-12(17)11-4-2-6-13-15(11)20-9-8-19-13/h2,4,6,12H,3,5,7-10H2,1H3,(H,16,18). The number of likely N-dealkylation sites (N-methyl/N-ethyl adjacent to an activating group) is 1. The quantitative estimate of drug-likeness (QED) is 0.905. The SMILES string of the molecule is CNC(=O)CN1CCCC1c1cccc2c1OCCO2. The first kappa shape index (κ1) is 13.2. The van der Waals surface area contributed by atoms with Crippen molar-refractivity contribution < 1.29 is 14.3 Å². The van der Waals surface area contributed by atoms with Crippen molar-refractivity contribution in [3.8, 4) is 11.5 Å². The van der Waals surface area contributed by atoms with Crippen LogP contribution in [0.4, 0.5) is 0 Å². The summed E-state index contributed by atoms with van der Waals surface area (Å²) in [6, 6.07) is 6.26. The van der Waals surface area contributed by atoms with Gasteiger partial charge < -0.3 is 14.8 Å². The van der Waals surface area contributed by atoms with Crippen molar-refractivity contribution in [2.75, 3.05) is 33.4 Å². The van der Waals surface area contributed by atoms with Crippen LogP contribution in [0.25, 0.3) is 0 Å². The van der Waals surface area contributed by atoms with E-state index in [1.165, 1.54) is 0 Å². The zero-order valence-electron chi connectivity index (χ0n) is 11.7. The van der Waals surface area contributed by atoms with Gasteiger partial charge in [0.2, 0.25) is 5.91 Å². The summed E-state index contributed by atoms with van der Waals surface area (Å²) in [5.41, 5.74) is 1.14. The fraction of sp³-hybridized carbons (Fsp3) is 0.533. The minimum atomic E-state index is 0.0545. The number of para-hydroxylation sites is 1. The van der Waals surface area contributed by atoms with Crippen LogP contribution in [0.5, 0.6) is 11.5 Å². The fourth-order valence-electron chi connectivity index (χ4n) is 2.99. The van der Waals surface area contributed by atoms with E-state index in [-0.39, 0.29) is 11.9 Å². The molecule has 2 aliphatic rings. The molecule has 108 valence electrons. The van der Waals surface area contributed by atoms with E-state index in [0.29, 0.717) is 19.8 Å². The topological polar surface area (TPSA) is 50.8 Å². The molecule has 0 saturated carbocycles. The maximum absolute atomic E-state index is 11.6. The van der Waals surface area contributed by atoms with Crippen LogP contribution >= 0.6 is 0 Å². The van der Waals surface area contributed by atoms with Crippen molar-refractivity contribution in [1.82, 2.24) is 10.2 Å². The lowest BCUT2D eigenvalue weighted by molar-refractivity contribution is -0.122. The first-order valence-corrected chi connectivity index (χ1v) is 7.12. The third kappa shape index (κ3) is 2.45. The van der Waals surface area contributed by atoms with Gasteiger partial charge in [0.15, 0.2) is 11.5 Å². The average Bonchev–Trinajstić information content (AvgIpc) is 2.94. The van der Waals surface area contributed by atoms with Crippen LogP contribution in [0.3, 0.4) is 0 Å². The lowest BCUT2D eigenvalue weighted by Crippen LogP contribution is -2.35. The van der Waals surface area contributed by atoms with Gasteiger partial charge in [-0.25, -0.2) is 0 Å². The molecule has 1 amide bonds. The van der Waals surface area contributed by atoms with Gasteiger partial charge in [-0.15, -0.1) is 0 Å². The molecular weight excluding hydrogens is 256 g/mol. The molecular formula is C15H20N2O3. The maximum Gasteiger partial charge on any atom is 0.233 e. The highest BCUT2D eigenvalue weighted by Gasteiger charge is 2.31. The van der Waals surface area contributed by atoms with Crippen LogP contribution in [0.2, 0.25) is 0 Å². The van der Waals surface area contributed by atoms with Crippen LogP contribution in [0.1, 0.15) is 24.4 Å². The molecule has 3 rings (SSSR count). The number of nitrogens with zero attached hydrogens (tertiary/aromatic N) is 1. The van der Waals surface area contributed by atoms with E-state index in [9.17, 15) is 4.79 Å². The number of ether oxygens (including phenoxy) is 2. The van der Waals surface area contributed by atoms with Crippen LogP contribution < -0.4 is 14.8 Å². The summed E-state index contributed by atoms with van der Waals surface area (Å²) < 4.78 is 11.4. The second kappa shape index (κ2) is 5.71. The highest BCUT2D eigenvalue weighted by atomic mass is 16.6. The number of amides is 1. The number of carbonyl (C=O) groups is 1.